The van der Waals surface area contributed by atoms with Gasteiger partial charge in [0.15, 0.2) is 0 Å². The van der Waals surface area contributed by atoms with Crippen molar-refractivity contribution in [3.05, 3.63) is 21.9 Å². The zero-order valence-corrected chi connectivity index (χ0v) is 17.4. The Morgan fingerprint density at radius 3 is 2.63 bits per heavy atom. The largest absolute Gasteiger partial charge is 0.354 e. The molecule has 0 spiro atoms. The van der Waals surface area contributed by atoms with Crippen LogP contribution in [0, 0.1) is 12.8 Å². The van der Waals surface area contributed by atoms with E-state index in [-0.39, 0.29) is 30.3 Å². The third kappa shape index (κ3) is 4.52. The van der Waals surface area contributed by atoms with Gasteiger partial charge in [-0.2, -0.15) is 4.31 Å². The highest BCUT2D eigenvalue weighted by molar-refractivity contribution is 7.88. The fraction of sp³-hybridized carbons (Fsp3) is 0.667. The van der Waals surface area contributed by atoms with Crippen LogP contribution in [-0.4, -0.2) is 67.9 Å². The summed E-state index contributed by atoms with van der Waals surface area (Å²) in [7, 11) is -3.48. The number of hydrogen-bond acceptors (Lipinski definition) is 5. The Kier molecular flexibility index (Phi) is 6.22. The van der Waals surface area contributed by atoms with Crippen molar-refractivity contribution in [1.82, 2.24) is 14.5 Å². The fourth-order valence-electron chi connectivity index (χ4n) is 4.05. The third-order valence-corrected chi connectivity index (χ3v) is 7.79. The summed E-state index contributed by atoms with van der Waals surface area (Å²) in [5.41, 5.74) is 0.915. The second-order valence-corrected chi connectivity index (χ2v) is 10.2. The quantitative estimate of drug-likeness (QED) is 0.795. The van der Waals surface area contributed by atoms with E-state index in [1.54, 1.807) is 4.90 Å². The van der Waals surface area contributed by atoms with E-state index < -0.39 is 10.0 Å². The van der Waals surface area contributed by atoms with Gasteiger partial charge in [0.2, 0.25) is 15.9 Å². The first-order chi connectivity index (χ1) is 12.8. The lowest BCUT2D eigenvalue weighted by atomic mass is 9.83. The van der Waals surface area contributed by atoms with Crippen LogP contribution < -0.4 is 5.32 Å². The van der Waals surface area contributed by atoms with Crippen LogP contribution in [0.15, 0.2) is 11.4 Å². The van der Waals surface area contributed by atoms with E-state index in [9.17, 15) is 18.0 Å². The molecule has 2 amide bonds. The van der Waals surface area contributed by atoms with E-state index in [0.29, 0.717) is 37.4 Å². The van der Waals surface area contributed by atoms with Gasteiger partial charge in [0.05, 0.1) is 17.1 Å². The first-order valence-electron chi connectivity index (χ1n) is 9.37. The number of carbonyl (C=O) groups is 2. The van der Waals surface area contributed by atoms with Crippen molar-refractivity contribution in [2.24, 2.45) is 5.92 Å². The number of nitrogens with one attached hydrogen (secondary N) is 1. The number of fused-ring (bicyclic) bond motifs is 1. The van der Waals surface area contributed by atoms with E-state index in [2.05, 4.69) is 5.32 Å². The molecule has 1 aliphatic carbocycles. The van der Waals surface area contributed by atoms with Gasteiger partial charge in [0.25, 0.3) is 5.91 Å². The summed E-state index contributed by atoms with van der Waals surface area (Å²) < 4.78 is 26.4. The Morgan fingerprint density at radius 1 is 1.22 bits per heavy atom. The maximum atomic E-state index is 12.9. The number of nitrogens with zero attached hydrogens (tertiary/aromatic N) is 2. The molecule has 2 aliphatic rings. The van der Waals surface area contributed by atoms with Crippen LogP contribution in [0.25, 0.3) is 0 Å². The molecule has 2 fully saturated rings. The van der Waals surface area contributed by atoms with Crippen molar-refractivity contribution in [3.63, 3.8) is 0 Å². The molecule has 3 rings (SSSR count). The first kappa shape index (κ1) is 20.3. The van der Waals surface area contributed by atoms with Crippen molar-refractivity contribution in [2.45, 2.75) is 38.6 Å². The molecule has 27 heavy (non-hydrogen) atoms. The van der Waals surface area contributed by atoms with Crippen LogP contribution in [-0.2, 0) is 14.8 Å². The summed E-state index contributed by atoms with van der Waals surface area (Å²) in [4.78, 5) is 27.9. The molecule has 0 aromatic carbocycles. The Hall–Kier alpha value is -1.45. The third-order valence-electron chi connectivity index (χ3n) is 5.48. The van der Waals surface area contributed by atoms with Gasteiger partial charge in [-0.25, -0.2) is 8.42 Å². The molecule has 1 saturated carbocycles. The van der Waals surface area contributed by atoms with Crippen molar-refractivity contribution in [3.8, 4) is 0 Å². The predicted octanol–water partition coefficient (Wildman–Crippen LogP) is 1.45. The average molecular weight is 414 g/mol. The predicted molar refractivity (Wildman–Crippen MR) is 105 cm³/mol. The van der Waals surface area contributed by atoms with E-state index in [1.807, 2.05) is 18.4 Å². The van der Waals surface area contributed by atoms with Crippen LogP contribution >= 0.6 is 11.3 Å². The maximum absolute atomic E-state index is 12.9. The smallest absolute Gasteiger partial charge is 0.264 e. The molecule has 1 aromatic rings. The first-order valence-corrected chi connectivity index (χ1v) is 12.1. The Labute approximate surface area is 164 Å². The Bertz CT molecular complexity index is 805. The monoisotopic (exact) mass is 413 g/mol. The van der Waals surface area contributed by atoms with Crippen molar-refractivity contribution in [1.29, 1.82) is 0 Å². The highest BCUT2D eigenvalue weighted by Gasteiger charge is 2.39. The van der Waals surface area contributed by atoms with Crippen LogP contribution in [0.5, 0.6) is 0 Å². The number of aryl methyl sites for hydroxylation is 1. The number of rotatable bonds is 2. The Balaban J connectivity index is 1.86. The zero-order chi connectivity index (χ0) is 19.6. The van der Waals surface area contributed by atoms with Gasteiger partial charge in [0.1, 0.15) is 0 Å². The molecule has 1 N–H and O–H groups in total. The van der Waals surface area contributed by atoms with Crippen molar-refractivity contribution < 1.29 is 18.0 Å². The van der Waals surface area contributed by atoms with Gasteiger partial charge in [-0.1, -0.05) is 12.8 Å². The summed E-state index contributed by atoms with van der Waals surface area (Å²) in [5.74, 6) is -0.517. The molecular formula is C18H27N3O4S2. The average Bonchev–Trinajstić information content (AvgIpc) is 3.04. The van der Waals surface area contributed by atoms with Gasteiger partial charge >= 0.3 is 0 Å². The molecule has 0 unspecified atom stereocenters. The van der Waals surface area contributed by atoms with Crippen molar-refractivity contribution >= 4 is 33.2 Å². The van der Waals surface area contributed by atoms with E-state index >= 15 is 0 Å². The van der Waals surface area contributed by atoms with Crippen LogP contribution in [0.1, 0.15) is 40.9 Å². The molecule has 1 saturated heterocycles. The summed E-state index contributed by atoms with van der Waals surface area (Å²) in [6, 6.07) is 1.57. The van der Waals surface area contributed by atoms with E-state index in [0.717, 1.165) is 18.4 Å². The van der Waals surface area contributed by atoms with Gasteiger partial charge in [-0.15, -0.1) is 11.3 Å². The van der Waals surface area contributed by atoms with Crippen LogP contribution in [0.4, 0.5) is 0 Å². The van der Waals surface area contributed by atoms with Gasteiger partial charge < -0.3 is 10.2 Å². The molecule has 2 heterocycles. The summed E-state index contributed by atoms with van der Waals surface area (Å²) in [6.07, 6.45) is 4.44. The number of carbonyl (C=O) groups excluding carboxylic acids is 2. The molecule has 150 valence electrons. The minimum atomic E-state index is -3.48. The number of amides is 2. The maximum Gasteiger partial charge on any atom is 0.264 e. The topological polar surface area (TPSA) is 86.8 Å². The highest BCUT2D eigenvalue weighted by atomic mass is 32.2. The van der Waals surface area contributed by atoms with Gasteiger partial charge in [-0.05, 0) is 36.8 Å². The fourth-order valence-corrected chi connectivity index (χ4v) is 6.10. The summed E-state index contributed by atoms with van der Waals surface area (Å²) in [6.45, 7) is 3.20. The highest BCUT2D eigenvalue weighted by Crippen LogP contribution is 2.30. The van der Waals surface area contributed by atoms with Crippen molar-refractivity contribution in [2.75, 3.05) is 32.4 Å². The van der Waals surface area contributed by atoms with E-state index in [4.69, 9.17) is 0 Å². The molecule has 0 bridgehead atoms. The standard InChI is InChI=1S/C18H27N3O4S2/c1-13-7-12-26-16(13)18(23)20-9-8-19-17(22)14-5-3-4-6-15(14)21(11-10-20)27(2,24)25/h7,12,14-15H,3-6,8-11H2,1-2H3,(H,19,22)/t14-,15+/m0/s1. The molecular weight excluding hydrogens is 386 g/mol. The second kappa shape index (κ2) is 8.28. The van der Waals surface area contributed by atoms with E-state index in [1.165, 1.54) is 21.9 Å². The number of sulfonamides is 1. The number of thiophene rings is 1. The lowest BCUT2D eigenvalue weighted by Crippen LogP contribution is -2.55. The second-order valence-electron chi connectivity index (χ2n) is 7.35. The van der Waals surface area contributed by atoms with Crippen LogP contribution in [0.2, 0.25) is 0 Å². The SMILES string of the molecule is Cc1ccsc1C(=O)N1CCNC(=O)[C@H]2CCCC[C@H]2N(S(C)(=O)=O)CC1. The molecule has 2 atom stereocenters. The minimum Gasteiger partial charge on any atom is -0.354 e. The Morgan fingerprint density at radius 2 is 1.96 bits per heavy atom. The van der Waals surface area contributed by atoms with Gasteiger partial charge in [-0.3, -0.25) is 9.59 Å². The van der Waals surface area contributed by atoms with Gasteiger partial charge in [0, 0.05) is 32.2 Å². The zero-order valence-electron chi connectivity index (χ0n) is 15.8. The number of hydrogen-bond donors (Lipinski definition) is 1. The molecule has 1 aliphatic heterocycles. The van der Waals surface area contributed by atoms with Crippen LogP contribution in [0.3, 0.4) is 0 Å². The molecule has 0 radical (unpaired) electrons. The normalized spacial score (nSPS) is 25.6. The molecule has 9 heteroatoms. The minimum absolute atomic E-state index is 0.102. The lowest BCUT2D eigenvalue weighted by molar-refractivity contribution is -0.127. The summed E-state index contributed by atoms with van der Waals surface area (Å²) >= 11 is 1.39. The summed E-state index contributed by atoms with van der Waals surface area (Å²) in [5, 5.41) is 4.79. The molecule has 7 nitrogen and oxygen atoms in total. The molecule has 1 aromatic heterocycles. The lowest BCUT2D eigenvalue weighted by Gasteiger charge is -2.39.